The van der Waals surface area contributed by atoms with E-state index in [2.05, 4.69) is 10.2 Å². The lowest BCUT2D eigenvalue weighted by molar-refractivity contribution is 0.0948. The van der Waals surface area contributed by atoms with Crippen LogP contribution in [0.1, 0.15) is 15.9 Å². The van der Waals surface area contributed by atoms with Crippen LogP contribution in [0, 0.1) is 6.92 Å². The van der Waals surface area contributed by atoms with Gasteiger partial charge in [-0.15, -0.1) is 0 Å². The molecule has 0 spiro atoms. The van der Waals surface area contributed by atoms with Gasteiger partial charge in [-0.3, -0.25) is 4.79 Å². The van der Waals surface area contributed by atoms with Gasteiger partial charge in [-0.05, 0) is 25.6 Å². The Morgan fingerprint density at radius 1 is 1.42 bits per heavy atom. The molecule has 0 radical (unpaired) electrons. The van der Waals surface area contributed by atoms with Crippen LogP contribution in [-0.4, -0.2) is 51.2 Å². The molecule has 0 aromatic heterocycles. The second-order valence-corrected chi connectivity index (χ2v) is 4.59. The third-order valence-electron chi connectivity index (χ3n) is 2.99. The number of hydrogen-bond donors (Lipinski definition) is 2. The fourth-order valence-corrected chi connectivity index (χ4v) is 1.81. The van der Waals surface area contributed by atoms with Crippen LogP contribution in [0.3, 0.4) is 0 Å². The number of nitrogen functional groups attached to an aromatic ring is 1. The summed E-state index contributed by atoms with van der Waals surface area (Å²) in [6, 6.07) is 5.47. The first-order chi connectivity index (χ1) is 9.06. The molecule has 3 N–H and O–H groups in total. The molecule has 0 unspecified atom stereocenters. The van der Waals surface area contributed by atoms with Crippen LogP contribution in [0.5, 0.6) is 0 Å². The average molecular weight is 265 g/mol. The molecule has 0 aliphatic heterocycles. The minimum absolute atomic E-state index is 0.115. The highest BCUT2D eigenvalue weighted by atomic mass is 16.5. The molecule has 0 bridgehead atoms. The van der Waals surface area contributed by atoms with Gasteiger partial charge < -0.3 is 20.7 Å². The summed E-state index contributed by atoms with van der Waals surface area (Å²) in [6.45, 7) is 4.79. The lowest BCUT2D eigenvalue weighted by atomic mass is 10.1. The number of anilines is 1. The van der Waals surface area contributed by atoms with E-state index in [0.717, 1.165) is 18.7 Å². The maximum atomic E-state index is 12.0. The van der Waals surface area contributed by atoms with E-state index in [-0.39, 0.29) is 5.91 Å². The van der Waals surface area contributed by atoms with Crippen molar-refractivity contribution in [3.8, 4) is 0 Å². The highest BCUT2D eigenvalue weighted by Gasteiger charge is 2.11. The predicted octanol–water partition coefficient (Wildman–Crippen LogP) is 0.885. The number of benzene rings is 1. The molecule has 1 aromatic carbocycles. The molecule has 1 amide bonds. The maximum Gasteiger partial charge on any atom is 0.253 e. The van der Waals surface area contributed by atoms with E-state index in [9.17, 15) is 4.79 Å². The summed E-state index contributed by atoms with van der Waals surface area (Å²) in [5, 5.41) is 2.89. The van der Waals surface area contributed by atoms with E-state index in [0.29, 0.717) is 24.4 Å². The molecule has 106 valence electrons. The van der Waals surface area contributed by atoms with Gasteiger partial charge >= 0.3 is 0 Å². The molecule has 0 atom stereocenters. The Labute approximate surface area is 114 Å². The van der Waals surface area contributed by atoms with Crippen LogP contribution < -0.4 is 11.1 Å². The minimum Gasteiger partial charge on any atom is -0.398 e. The number of likely N-dealkylation sites (N-methyl/N-ethyl adjacent to an activating group) is 1. The number of ether oxygens (including phenoxy) is 1. The summed E-state index contributed by atoms with van der Waals surface area (Å²) in [6.07, 6.45) is 0. The second-order valence-electron chi connectivity index (χ2n) is 4.59. The molecule has 0 aliphatic carbocycles. The van der Waals surface area contributed by atoms with Gasteiger partial charge in [-0.25, -0.2) is 0 Å². The summed E-state index contributed by atoms with van der Waals surface area (Å²) in [4.78, 5) is 14.1. The lowest BCUT2D eigenvalue weighted by Gasteiger charge is -2.16. The summed E-state index contributed by atoms with van der Waals surface area (Å²) < 4.78 is 5.00. The Balaban J connectivity index is 2.44. The number of aryl methyl sites for hydroxylation is 1. The van der Waals surface area contributed by atoms with Gasteiger partial charge in [0.2, 0.25) is 0 Å². The first-order valence-electron chi connectivity index (χ1n) is 6.37. The smallest absolute Gasteiger partial charge is 0.253 e. The number of hydrogen-bond acceptors (Lipinski definition) is 4. The Morgan fingerprint density at radius 2 is 2.16 bits per heavy atom. The van der Waals surface area contributed by atoms with E-state index in [4.69, 9.17) is 10.5 Å². The quantitative estimate of drug-likeness (QED) is 0.718. The molecule has 0 heterocycles. The van der Waals surface area contributed by atoms with E-state index in [1.165, 1.54) is 0 Å². The van der Waals surface area contributed by atoms with Gasteiger partial charge in [-0.1, -0.05) is 12.1 Å². The average Bonchev–Trinajstić information content (AvgIpc) is 2.36. The van der Waals surface area contributed by atoms with Gasteiger partial charge in [0, 0.05) is 32.4 Å². The fourth-order valence-electron chi connectivity index (χ4n) is 1.81. The van der Waals surface area contributed by atoms with Crippen molar-refractivity contribution in [2.45, 2.75) is 6.92 Å². The number of rotatable bonds is 7. The Morgan fingerprint density at radius 3 is 2.79 bits per heavy atom. The van der Waals surface area contributed by atoms with Crippen LogP contribution >= 0.6 is 0 Å². The van der Waals surface area contributed by atoms with Gasteiger partial charge in [0.25, 0.3) is 5.91 Å². The molecule has 1 rings (SSSR count). The lowest BCUT2D eigenvalue weighted by Crippen LogP contribution is -2.34. The van der Waals surface area contributed by atoms with Crippen LogP contribution in [0.4, 0.5) is 5.69 Å². The zero-order valence-electron chi connectivity index (χ0n) is 11.9. The molecule has 5 nitrogen and oxygen atoms in total. The van der Waals surface area contributed by atoms with Crippen molar-refractivity contribution >= 4 is 11.6 Å². The number of nitrogens with one attached hydrogen (secondary N) is 1. The van der Waals surface area contributed by atoms with E-state index >= 15 is 0 Å². The molecule has 0 aliphatic rings. The van der Waals surface area contributed by atoms with Gasteiger partial charge in [0.15, 0.2) is 0 Å². The molecular formula is C14H23N3O2. The first-order valence-corrected chi connectivity index (χ1v) is 6.37. The number of carbonyl (C=O) groups is 1. The fraction of sp³-hybridized carbons (Fsp3) is 0.500. The Kier molecular flexibility index (Phi) is 6.32. The second kappa shape index (κ2) is 7.76. The largest absolute Gasteiger partial charge is 0.398 e. The van der Waals surface area contributed by atoms with Crippen molar-refractivity contribution in [3.63, 3.8) is 0 Å². The number of methoxy groups -OCH3 is 1. The molecule has 0 saturated heterocycles. The van der Waals surface area contributed by atoms with Crippen LogP contribution in [-0.2, 0) is 4.74 Å². The SMILES string of the molecule is COCCN(C)CCNC(=O)c1c(C)cccc1N. The topological polar surface area (TPSA) is 67.6 Å². The Hall–Kier alpha value is -1.59. The van der Waals surface area contributed by atoms with Crippen LogP contribution in [0.15, 0.2) is 18.2 Å². The predicted molar refractivity (Wildman–Crippen MR) is 77.3 cm³/mol. The van der Waals surface area contributed by atoms with E-state index in [1.807, 2.05) is 26.1 Å². The zero-order valence-corrected chi connectivity index (χ0v) is 11.9. The van der Waals surface area contributed by atoms with Crippen LogP contribution in [0.25, 0.3) is 0 Å². The third kappa shape index (κ3) is 4.89. The minimum atomic E-state index is -0.115. The highest BCUT2D eigenvalue weighted by Crippen LogP contribution is 2.15. The number of carbonyl (C=O) groups excluding carboxylic acids is 1. The number of amides is 1. The van der Waals surface area contributed by atoms with Gasteiger partial charge in [0.1, 0.15) is 0 Å². The third-order valence-corrected chi connectivity index (χ3v) is 2.99. The van der Waals surface area contributed by atoms with Crippen molar-refractivity contribution in [2.24, 2.45) is 0 Å². The maximum absolute atomic E-state index is 12.0. The molecule has 19 heavy (non-hydrogen) atoms. The molecule has 0 fully saturated rings. The highest BCUT2D eigenvalue weighted by molar-refractivity contribution is 6.00. The van der Waals surface area contributed by atoms with Gasteiger partial charge in [-0.2, -0.15) is 0 Å². The Bertz CT molecular complexity index is 401. The standard InChI is InChI=1S/C14H23N3O2/c1-11-5-4-6-12(15)13(11)14(18)16-7-8-17(2)9-10-19-3/h4-6H,7-10,15H2,1-3H3,(H,16,18). The first kappa shape index (κ1) is 15.5. The monoisotopic (exact) mass is 265 g/mol. The summed E-state index contributed by atoms with van der Waals surface area (Å²) >= 11 is 0. The van der Waals surface area contributed by atoms with E-state index in [1.54, 1.807) is 13.2 Å². The number of nitrogens with two attached hydrogens (primary N) is 1. The molecular weight excluding hydrogens is 242 g/mol. The molecule has 0 saturated carbocycles. The summed E-state index contributed by atoms with van der Waals surface area (Å²) in [5.74, 6) is -0.115. The van der Waals surface area contributed by atoms with Crippen molar-refractivity contribution in [1.29, 1.82) is 0 Å². The van der Waals surface area contributed by atoms with Crippen molar-refractivity contribution < 1.29 is 9.53 Å². The zero-order chi connectivity index (χ0) is 14.3. The van der Waals surface area contributed by atoms with Gasteiger partial charge in [0.05, 0.1) is 12.2 Å². The summed E-state index contributed by atoms with van der Waals surface area (Å²) in [7, 11) is 3.67. The van der Waals surface area contributed by atoms with Crippen molar-refractivity contribution in [1.82, 2.24) is 10.2 Å². The normalized spacial score (nSPS) is 10.7. The molecule has 1 aromatic rings. The van der Waals surface area contributed by atoms with Crippen molar-refractivity contribution in [3.05, 3.63) is 29.3 Å². The molecule has 5 heteroatoms. The summed E-state index contributed by atoms with van der Waals surface area (Å²) in [5.41, 5.74) is 7.82. The number of nitrogens with zero attached hydrogens (tertiary/aromatic N) is 1. The van der Waals surface area contributed by atoms with Crippen molar-refractivity contribution in [2.75, 3.05) is 46.1 Å². The van der Waals surface area contributed by atoms with Crippen LogP contribution in [0.2, 0.25) is 0 Å². The van der Waals surface area contributed by atoms with E-state index < -0.39 is 0 Å².